The highest BCUT2D eigenvalue weighted by Gasteiger charge is 2.00. The molecule has 96 valence electrons. The molecule has 0 aliphatic rings. The van der Waals surface area contributed by atoms with E-state index in [1.165, 1.54) is 5.56 Å². The minimum Gasteiger partial charge on any atom is -0.491 e. The summed E-state index contributed by atoms with van der Waals surface area (Å²) in [4.78, 5) is 0. The number of hydrogen-bond acceptors (Lipinski definition) is 3. The van der Waals surface area contributed by atoms with Gasteiger partial charge in [0.05, 0.1) is 12.7 Å². The fourth-order valence-corrected chi connectivity index (χ4v) is 1.43. The third-order valence-electron chi connectivity index (χ3n) is 2.63. The average Bonchev–Trinajstić information content (AvgIpc) is 2.34. The molecule has 0 bridgehead atoms. The molecule has 3 nitrogen and oxygen atoms in total. The van der Waals surface area contributed by atoms with Crippen LogP contribution in [0.25, 0.3) is 0 Å². The molecule has 0 aliphatic carbocycles. The van der Waals surface area contributed by atoms with Crippen molar-refractivity contribution in [2.75, 3.05) is 19.8 Å². The van der Waals surface area contributed by atoms with Crippen LogP contribution in [0, 0.1) is 0 Å². The normalized spacial score (nSPS) is 12.8. The Morgan fingerprint density at radius 3 is 2.24 bits per heavy atom. The van der Waals surface area contributed by atoms with E-state index in [-0.39, 0.29) is 6.10 Å². The molecule has 0 saturated heterocycles. The summed E-state index contributed by atoms with van der Waals surface area (Å²) >= 11 is 0. The van der Waals surface area contributed by atoms with Crippen molar-refractivity contribution in [2.45, 2.75) is 32.8 Å². The zero-order chi connectivity index (χ0) is 12.7. The van der Waals surface area contributed by atoms with Crippen LogP contribution in [0.3, 0.4) is 0 Å². The lowest BCUT2D eigenvalue weighted by molar-refractivity contribution is 0.0496. The van der Waals surface area contributed by atoms with E-state index in [9.17, 15) is 0 Å². The first-order valence-corrected chi connectivity index (χ1v) is 6.18. The molecule has 2 N–H and O–H groups in total. The minimum atomic E-state index is 0.0990. The van der Waals surface area contributed by atoms with Crippen molar-refractivity contribution in [3.8, 4) is 5.75 Å². The lowest BCUT2D eigenvalue weighted by Crippen LogP contribution is -2.22. The molecule has 3 heteroatoms. The van der Waals surface area contributed by atoms with Gasteiger partial charge in [0.25, 0.3) is 0 Å². The van der Waals surface area contributed by atoms with E-state index in [1.54, 1.807) is 0 Å². The quantitative estimate of drug-likeness (QED) is 0.741. The highest BCUT2D eigenvalue weighted by molar-refractivity contribution is 5.28. The molecule has 0 radical (unpaired) electrons. The van der Waals surface area contributed by atoms with Crippen LogP contribution in [-0.2, 0) is 4.74 Å². The van der Waals surface area contributed by atoms with Gasteiger partial charge in [0.1, 0.15) is 12.4 Å². The summed E-state index contributed by atoms with van der Waals surface area (Å²) in [6.45, 7) is 7.99. The number of rotatable bonds is 7. The van der Waals surface area contributed by atoms with Gasteiger partial charge in [-0.3, -0.25) is 0 Å². The second-order valence-corrected chi connectivity index (χ2v) is 4.49. The fourth-order valence-electron chi connectivity index (χ4n) is 1.43. The van der Waals surface area contributed by atoms with Gasteiger partial charge in [0.2, 0.25) is 0 Å². The zero-order valence-electron chi connectivity index (χ0n) is 11.0. The van der Waals surface area contributed by atoms with Crippen LogP contribution in [0.2, 0.25) is 0 Å². The van der Waals surface area contributed by atoms with Gasteiger partial charge in [-0.25, -0.2) is 0 Å². The monoisotopic (exact) mass is 237 g/mol. The third-order valence-corrected chi connectivity index (χ3v) is 2.63. The summed E-state index contributed by atoms with van der Waals surface area (Å²) in [6, 6.07) is 8.20. The predicted octanol–water partition coefficient (Wildman–Crippen LogP) is 2.55. The van der Waals surface area contributed by atoms with E-state index in [4.69, 9.17) is 15.2 Å². The molecule has 0 saturated carbocycles. The molecule has 0 aliphatic heterocycles. The summed E-state index contributed by atoms with van der Waals surface area (Å²) in [6.07, 6.45) is 0.0990. The van der Waals surface area contributed by atoms with Gasteiger partial charge in [-0.15, -0.1) is 0 Å². The molecule has 0 aromatic heterocycles. The Morgan fingerprint density at radius 1 is 1.06 bits per heavy atom. The molecular formula is C14H23NO2. The lowest BCUT2D eigenvalue weighted by atomic mass is 10.0. The largest absolute Gasteiger partial charge is 0.491 e. The molecule has 0 spiro atoms. The van der Waals surface area contributed by atoms with E-state index in [0.717, 1.165) is 5.75 Å². The van der Waals surface area contributed by atoms with E-state index < -0.39 is 0 Å². The van der Waals surface area contributed by atoms with Crippen LogP contribution >= 0.6 is 0 Å². The second kappa shape index (κ2) is 7.30. The summed E-state index contributed by atoms with van der Waals surface area (Å²) in [5.74, 6) is 1.44. The van der Waals surface area contributed by atoms with Gasteiger partial charge < -0.3 is 15.2 Å². The average molecular weight is 237 g/mol. The first kappa shape index (κ1) is 14.0. The highest BCUT2D eigenvalue weighted by Crippen LogP contribution is 2.18. The lowest BCUT2D eigenvalue weighted by Gasteiger charge is -2.12. The van der Waals surface area contributed by atoms with Gasteiger partial charge in [0, 0.05) is 6.54 Å². The first-order valence-electron chi connectivity index (χ1n) is 6.18. The van der Waals surface area contributed by atoms with E-state index in [0.29, 0.717) is 25.7 Å². The van der Waals surface area contributed by atoms with E-state index in [1.807, 2.05) is 19.1 Å². The van der Waals surface area contributed by atoms with Crippen LogP contribution < -0.4 is 10.5 Å². The highest BCUT2D eigenvalue weighted by atomic mass is 16.5. The van der Waals surface area contributed by atoms with Crippen molar-refractivity contribution in [3.05, 3.63) is 29.8 Å². The van der Waals surface area contributed by atoms with E-state index >= 15 is 0 Å². The number of hydrogen-bond donors (Lipinski definition) is 1. The minimum absolute atomic E-state index is 0.0990. The van der Waals surface area contributed by atoms with Crippen LogP contribution in [-0.4, -0.2) is 25.9 Å². The van der Waals surface area contributed by atoms with Gasteiger partial charge in [-0.1, -0.05) is 26.0 Å². The van der Waals surface area contributed by atoms with E-state index in [2.05, 4.69) is 26.0 Å². The van der Waals surface area contributed by atoms with Gasteiger partial charge >= 0.3 is 0 Å². The summed E-state index contributed by atoms with van der Waals surface area (Å²) in [5.41, 5.74) is 6.77. The number of benzene rings is 1. The van der Waals surface area contributed by atoms with Crippen molar-refractivity contribution in [3.63, 3.8) is 0 Å². The van der Waals surface area contributed by atoms with Crippen LogP contribution in [0.5, 0.6) is 5.75 Å². The second-order valence-electron chi connectivity index (χ2n) is 4.49. The molecule has 1 unspecified atom stereocenters. The van der Waals surface area contributed by atoms with Crippen LogP contribution in [0.1, 0.15) is 32.3 Å². The Hall–Kier alpha value is -1.06. The molecule has 1 aromatic rings. The van der Waals surface area contributed by atoms with Crippen molar-refractivity contribution in [2.24, 2.45) is 5.73 Å². The van der Waals surface area contributed by atoms with Crippen LogP contribution in [0.15, 0.2) is 24.3 Å². The maximum Gasteiger partial charge on any atom is 0.119 e. The Kier molecular flexibility index (Phi) is 6.01. The fraction of sp³-hybridized carbons (Fsp3) is 0.571. The SMILES string of the molecule is CC(CN)OCCOc1ccc(C(C)C)cc1. The predicted molar refractivity (Wildman–Crippen MR) is 70.5 cm³/mol. The molecule has 0 heterocycles. The molecule has 0 fully saturated rings. The maximum absolute atomic E-state index is 5.57. The third kappa shape index (κ3) is 5.20. The Labute approximate surface area is 104 Å². The topological polar surface area (TPSA) is 44.5 Å². The summed E-state index contributed by atoms with van der Waals surface area (Å²) in [5, 5.41) is 0. The van der Waals surface area contributed by atoms with Gasteiger partial charge in [-0.2, -0.15) is 0 Å². The molecule has 17 heavy (non-hydrogen) atoms. The standard InChI is InChI=1S/C14H23NO2/c1-11(2)13-4-6-14(7-5-13)17-9-8-16-12(3)10-15/h4-7,11-12H,8-10,15H2,1-3H3. The van der Waals surface area contributed by atoms with Crippen LogP contribution in [0.4, 0.5) is 0 Å². The summed E-state index contributed by atoms with van der Waals surface area (Å²) in [7, 11) is 0. The van der Waals surface area contributed by atoms with Crippen molar-refractivity contribution >= 4 is 0 Å². The Morgan fingerprint density at radius 2 is 1.71 bits per heavy atom. The Bertz CT molecular complexity index is 309. The van der Waals surface area contributed by atoms with Gasteiger partial charge in [0.15, 0.2) is 0 Å². The molecule has 1 atom stereocenters. The number of nitrogens with two attached hydrogens (primary N) is 1. The number of ether oxygens (including phenoxy) is 2. The van der Waals surface area contributed by atoms with Crippen molar-refractivity contribution in [1.82, 2.24) is 0 Å². The molecular weight excluding hydrogens is 214 g/mol. The maximum atomic E-state index is 5.57. The molecule has 1 aromatic carbocycles. The zero-order valence-corrected chi connectivity index (χ0v) is 11.0. The van der Waals surface area contributed by atoms with Crippen molar-refractivity contribution in [1.29, 1.82) is 0 Å². The smallest absolute Gasteiger partial charge is 0.119 e. The first-order chi connectivity index (χ1) is 8.13. The van der Waals surface area contributed by atoms with Gasteiger partial charge in [-0.05, 0) is 30.5 Å². The van der Waals surface area contributed by atoms with Crippen molar-refractivity contribution < 1.29 is 9.47 Å². The Balaban J connectivity index is 2.28. The molecule has 0 amide bonds. The summed E-state index contributed by atoms with van der Waals surface area (Å²) < 4.78 is 11.0. The molecule has 1 rings (SSSR count).